The van der Waals surface area contributed by atoms with Crippen molar-refractivity contribution < 1.29 is 23.7 Å². The molecule has 0 bridgehead atoms. The summed E-state index contributed by atoms with van der Waals surface area (Å²) in [5, 5.41) is 0. The van der Waals surface area contributed by atoms with Gasteiger partial charge in [0.1, 0.15) is 6.61 Å². The summed E-state index contributed by atoms with van der Waals surface area (Å²) in [7, 11) is 4.85. The molecule has 3 aromatic carbocycles. The van der Waals surface area contributed by atoms with Crippen molar-refractivity contribution in [2.45, 2.75) is 12.5 Å². The molecule has 0 N–H and O–H groups in total. The summed E-state index contributed by atoms with van der Waals surface area (Å²) in [6.45, 7) is 0.851. The fourth-order valence-corrected chi connectivity index (χ4v) is 4.77. The maximum atomic E-state index is 13.6. The number of hydrogen-bond donors (Lipinski definition) is 0. The molecule has 3 aromatic rings. The van der Waals surface area contributed by atoms with E-state index in [0.29, 0.717) is 35.1 Å². The van der Waals surface area contributed by atoms with Crippen LogP contribution in [0.4, 0.5) is 0 Å². The number of methoxy groups -OCH3 is 3. The molecular weight excluding hydrogens is 533 g/mol. The number of ether oxygens (including phenoxy) is 4. The highest BCUT2D eigenvalue weighted by atomic mass is 127. The van der Waals surface area contributed by atoms with Gasteiger partial charge in [0.25, 0.3) is 5.91 Å². The molecule has 1 aliphatic heterocycles. The third kappa shape index (κ3) is 4.73. The highest BCUT2D eigenvalue weighted by Crippen LogP contribution is 2.39. The number of fused-ring (bicyclic) bond motifs is 1. The molecule has 0 aromatic heterocycles. The Morgan fingerprint density at radius 1 is 0.909 bits per heavy atom. The van der Waals surface area contributed by atoms with E-state index in [1.807, 2.05) is 65.6 Å². The first-order valence-corrected chi connectivity index (χ1v) is 11.7. The summed E-state index contributed by atoms with van der Waals surface area (Å²) in [5.41, 5.74) is 2.80. The van der Waals surface area contributed by atoms with Crippen molar-refractivity contribution in [2.75, 3.05) is 34.5 Å². The molecule has 0 fully saturated rings. The molecule has 4 rings (SSSR count). The van der Waals surface area contributed by atoms with Crippen LogP contribution in [0.2, 0.25) is 0 Å². The molecule has 0 saturated heterocycles. The summed E-state index contributed by atoms with van der Waals surface area (Å²) >= 11 is 2.21. The zero-order chi connectivity index (χ0) is 23.4. The van der Waals surface area contributed by atoms with Gasteiger partial charge in [-0.15, -0.1) is 0 Å². The van der Waals surface area contributed by atoms with Gasteiger partial charge in [0.2, 0.25) is 0 Å². The Morgan fingerprint density at radius 2 is 1.55 bits per heavy atom. The van der Waals surface area contributed by atoms with Crippen LogP contribution < -0.4 is 18.9 Å². The van der Waals surface area contributed by atoms with Crippen molar-refractivity contribution in [1.29, 1.82) is 0 Å². The van der Waals surface area contributed by atoms with Gasteiger partial charge in [-0.1, -0.05) is 24.3 Å². The Morgan fingerprint density at radius 3 is 2.24 bits per heavy atom. The lowest BCUT2D eigenvalue weighted by molar-refractivity contribution is 0.0586. The quantitative estimate of drug-likeness (QED) is 0.376. The van der Waals surface area contributed by atoms with E-state index in [1.54, 1.807) is 21.3 Å². The lowest BCUT2D eigenvalue weighted by Gasteiger charge is -2.38. The third-order valence-electron chi connectivity index (χ3n) is 5.83. The van der Waals surface area contributed by atoms with Gasteiger partial charge in [-0.25, -0.2) is 0 Å². The fraction of sp³-hybridized carbons (Fsp3) is 0.269. The van der Waals surface area contributed by atoms with Crippen LogP contribution in [0.1, 0.15) is 27.5 Å². The van der Waals surface area contributed by atoms with Crippen molar-refractivity contribution in [3.63, 3.8) is 0 Å². The van der Waals surface area contributed by atoms with E-state index in [-0.39, 0.29) is 18.6 Å². The maximum Gasteiger partial charge on any atom is 0.255 e. The summed E-state index contributed by atoms with van der Waals surface area (Å²) < 4.78 is 23.6. The molecule has 7 heteroatoms. The molecule has 1 amide bonds. The van der Waals surface area contributed by atoms with E-state index >= 15 is 0 Å². The summed E-state index contributed by atoms with van der Waals surface area (Å²) in [4.78, 5) is 15.5. The van der Waals surface area contributed by atoms with Crippen LogP contribution in [0.25, 0.3) is 0 Å². The number of amides is 1. The van der Waals surface area contributed by atoms with Crippen molar-refractivity contribution >= 4 is 28.5 Å². The number of benzene rings is 3. The predicted octanol–water partition coefficient (Wildman–Crippen LogP) is 5.14. The van der Waals surface area contributed by atoms with Gasteiger partial charge in [-0.2, -0.15) is 0 Å². The first-order chi connectivity index (χ1) is 16.1. The lowest BCUT2D eigenvalue weighted by Crippen LogP contribution is -2.42. The first-order valence-electron chi connectivity index (χ1n) is 10.6. The number of para-hydroxylation sites is 2. The second-order valence-electron chi connectivity index (χ2n) is 7.61. The SMILES string of the molecule is COc1cc2c(cc1OC)[C@@H](COc1ccccc1OC)N(C(=O)c1ccccc1I)CC2. The molecule has 0 radical (unpaired) electrons. The normalized spacial score (nSPS) is 14.9. The van der Waals surface area contributed by atoms with E-state index < -0.39 is 0 Å². The van der Waals surface area contributed by atoms with Gasteiger partial charge in [0.05, 0.1) is 32.9 Å². The van der Waals surface area contributed by atoms with Crippen LogP contribution in [0, 0.1) is 3.57 Å². The van der Waals surface area contributed by atoms with Gasteiger partial charge in [-0.05, 0) is 76.5 Å². The topological polar surface area (TPSA) is 57.2 Å². The number of nitrogens with zero attached hydrogens (tertiary/aromatic N) is 1. The number of halogens is 1. The van der Waals surface area contributed by atoms with Crippen LogP contribution in [0.3, 0.4) is 0 Å². The summed E-state index contributed by atoms with van der Waals surface area (Å²) in [6, 6.07) is 18.8. The van der Waals surface area contributed by atoms with E-state index in [4.69, 9.17) is 18.9 Å². The van der Waals surface area contributed by atoms with Crippen molar-refractivity contribution in [2.24, 2.45) is 0 Å². The van der Waals surface area contributed by atoms with E-state index in [9.17, 15) is 4.79 Å². The minimum atomic E-state index is -0.304. The van der Waals surface area contributed by atoms with Crippen LogP contribution in [0.15, 0.2) is 60.7 Å². The molecule has 0 saturated carbocycles. The largest absolute Gasteiger partial charge is 0.493 e. The average molecular weight is 559 g/mol. The van der Waals surface area contributed by atoms with Gasteiger partial charge in [0.15, 0.2) is 23.0 Å². The zero-order valence-corrected chi connectivity index (χ0v) is 21.0. The van der Waals surface area contributed by atoms with Crippen molar-refractivity contribution in [3.05, 3.63) is 80.9 Å². The maximum absolute atomic E-state index is 13.6. The number of rotatable bonds is 7. The molecular formula is C26H26INO5. The summed E-state index contributed by atoms with van der Waals surface area (Å²) in [5.74, 6) is 2.57. The second kappa shape index (κ2) is 10.3. The van der Waals surface area contributed by atoms with Crippen LogP contribution in [-0.2, 0) is 6.42 Å². The predicted molar refractivity (Wildman–Crippen MR) is 135 cm³/mol. The minimum absolute atomic E-state index is 0.0194. The highest BCUT2D eigenvalue weighted by Gasteiger charge is 2.34. The number of hydrogen-bond acceptors (Lipinski definition) is 5. The standard InChI is InChI=1S/C26H26INO5/c1-30-22-10-6-7-11-23(22)33-16-21-19-15-25(32-3)24(31-2)14-17(19)12-13-28(21)26(29)18-8-4-5-9-20(18)27/h4-11,14-15,21H,12-13,16H2,1-3H3/t21-/m1/s1. The molecule has 1 atom stereocenters. The minimum Gasteiger partial charge on any atom is -0.493 e. The molecule has 1 aliphatic rings. The van der Waals surface area contributed by atoms with E-state index in [2.05, 4.69) is 22.6 Å². The monoisotopic (exact) mass is 559 g/mol. The molecule has 0 aliphatic carbocycles. The van der Waals surface area contributed by atoms with Crippen LogP contribution >= 0.6 is 22.6 Å². The molecule has 6 nitrogen and oxygen atoms in total. The Kier molecular flexibility index (Phi) is 7.27. The lowest BCUT2D eigenvalue weighted by atomic mass is 9.91. The molecule has 0 unspecified atom stereocenters. The smallest absolute Gasteiger partial charge is 0.255 e. The Hall–Kier alpha value is -2.94. The van der Waals surface area contributed by atoms with Gasteiger partial charge in [-0.3, -0.25) is 4.79 Å². The Labute approximate surface area is 207 Å². The third-order valence-corrected chi connectivity index (χ3v) is 6.77. The molecule has 172 valence electrons. The van der Waals surface area contributed by atoms with Gasteiger partial charge in [0, 0.05) is 10.1 Å². The van der Waals surface area contributed by atoms with E-state index in [0.717, 1.165) is 21.1 Å². The molecule has 1 heterocycles. The first kappa shape index (κ1) is 23.2. The van der Waals surface area contributed by atoms with Crippen LogP contribution in [-0.4, -0.2) is 45.3 Å². The van der Waals surface area contributed by atoms with Gasteiger partial charge < -0.3 is 23.8 Å². The number of carbonyl (C=O) groups excluding carboxylic acids is 1. The average Bonchev–Trinajstić information content (AvgIpc) is 2.86. The van der Waals surface area contributed by atoms with E-state index in [1.165, 1.54) is 0 Å². The summed E-state index contributed by atoms with van der Waals surface area (Å²) in [6.07, 6.45) is 0.718. The Balaban J connectivity index is 1.73. The second-order valence-corrected chi connectivity index (χ2v) is 8.77. The fourth-order valence-electron chi connectivity index (χ4n) is 4.15. The van der Waals surface area contributed by atoms with Crippen LogP contribution in [0.5, 0.6) is 23.0 Å². The van der Waals surface area contributed by atoms with Gasteiger partial charge >= 0.3 is 0 Å². The van der Waals surface area contributed by atoms with Crippen molar-refractivity contribution in [1.82, 2.24) is 4.90 Å². The van der Waals surface area contributed by atoms with Crippen molar-refractivity contribution in [3.8, 4) is 23.0 Å². The molecule has 0 spiro atoms. The zero-order valence-electron chi connectivity index (χ0n) is 18.8. The highest BCUT2D eigenvalue weighted by molar-refractivity contribution is 14.1. The number of carbonyl (C=O) groups is 1. The molecule has 33 heavy (non-hydrogen) atoms. The Bertz CT molecular complexity index is 1150.